The van der Waals surface area contributed by atoms with Crippen molar-refractivity contribution in [2.45, 2.75) is 12.8 Å². The maximum absolute atomic E-state index is 11.2. The Labute approximate surface area is 86.2 Å². The Bertz CT molecular complexity index is 308. The van der Waals surface area contributed by atoms with Crippen LogP contribution in [0.15, 0.2) is 24.1 Å². The fraction of sp³-hybridized carbons (Fsp3) is 0.222. The van der Waals surface area contributed by atoms with Crippen LogP contribution in [-0.4, -0.2) is 5.91 Å². The van der Waals surface area contributed by atoms with Crippen LogP contribution < -0.4 is 5.32 Å². The van der Waals surface area contributed by atoms with E-state index in [4.69, 9.17) is 11.6 Å². The molecular weight excluding hydrogens is 206 g/mol. The summed E-state index contributed by atoms with van der Waals surface area (Å²) >= 11 is 7.10. The van der Waals surface area contributed by atoms with Gasteiger partial charge in [0.25, 0.3) is 0 Å². The zero-order valence-corrected chi connectivity index (χ0v) is 8.62. The Morgan fingerprint density at radius 3 is 3.08 bits per heavy atom. The Balaban J connectivity index is 2.40. The summed E-state index contributed by atoms with van der Waals surface area (Å²) in [6, 6.07) is 1.73. The van der Waals surface area contributed by atoms with Gasteiger partial charge < -0.3 is 5.32 Å². The number of thiophene rings is 1. The van der Waals surface area contributed by atoms with Crippen LogP contribution >= 0.6 is 22.9 Å². The number of hydrogen-bond acceptors (Lipinski definition) is 2. The van der Waals surface area contributed by atoms with Gasteiger partial charge in [0.1, 0.15) is 0 Å². The third kappa shape index (κ3) is 3.61. The summed E-state index contributed by atoms with van der Waals surface area (Å²) in [5.74, 6) is -0.00522. The lowest BCUT2D eigenvalue weighted by atomic mass is 10.3. The van der Waals surface area contributed by atoms with Crippen molar-refractivity contribution < 1.29 is 4.79 Å². The molecule has 1 aromatic rings. The second-order valence-electron chi connectivity index (χ2n) is 2.52. The number of allylic oxidation sites excluding steroid dienone is 1. The van der Waals surface area contributed by atoms with E-state index in [0.29, 0.717) is 17.2 Å². The molecule has 0 bridgehead atoms. The molecular formula is C9H10ClNOS. The maximum Gasteiger partial charge on any atom is 0.224 e. The quantitative estimate of drug-likeness (QED) is 0.768. The molecule has 0 aliphatic heterocycles. The maximum atomic E-state index is 11.2. The van der Waals surface area contributed by atoms with Gasteiger partial charge in [-0.3, -0.25) is 4.79 Å². The van der Waals surface area contributed by atoms with Gasteiger partial charge in [0.05, 0.1) is 10.0 Å². The number of amides is 1. The number of carbonyl (C=O) groups excluding carboxylic acids is 1. The highest BCUT2D eigenvalue weighted by Crippen LogP contribution is 2.23. The SMILES string of the molecule is C=CCCC(=O)Nc1csc(Cl)c1. The monoisotopic (exact) mass is 215 g/mol. The number of halogens is 1. The lowest BCUT2D eigenvalue weighted by Gasteiger charge is -1.99. The van der Waals surface area contributed by atoms with Crippen LogP contribution in [-0.2, 0) is 4.79 Å². The Kier molecular flexibility index (Phi) is 3.99. The zero-order valence-electron chi connectivity index (χ0n) is 7.05. The summed E-state index contributed by atoms with van der Waals surface area (Å²) in [5, 5.41) is 4.55. The lowest BCUT2D eigenvalue weighted by molar-refractivity contribution is -0.116. The zero-order chi connectivity index (χ0) is 9.68. The summed E-state index contributed by atoms with van der Waals surface area (Å²) in [4.78, 5) is 11.2. The number of anilines is 1. The van der Waals surface area contributed by atoms with Crippen LogP contribution in [0.4, 0.5) is 5.69 Å². The van der Waals surface area contributed by atoms with Crippen LogP contribution in [0.3, 0.4) is 0 Å². The molecule has 1 rings (SSSR count). The van der Waals surface area contributed by atoms with E-state index in [1.54, 1.807) is 12.1 Å². The number of hydrogen-bond donors (Lipinski definition) is 1. The normalized spacial score (nSPS) is 9.62. The molecule has 0 saturated carbocycles. The van der Waals surface area contributed by atoms with Crippen molar-refractivity contribution in [1.29, 1.82) is 0 Å². The molecule has 0 aromatic carbocycles. The van der Waals surface area contributed by atoms with E-state index in [2.05, 4.69) is 11.9 Å². The number of rotatable bonds is 4. The second kappa shape index (κ2) is 5.04. The Morgan fingerprint density at radius 1 is 1.77 bits per heavy atom. The van der Waals surface area contributed by atoms with Gasteiger partial charge in [-0.2, -0.15) is 0 Å². The summed E-state index contributed by atoms with van der Waals surface area (Å²) < 4.78 is 0.680. The molecule has 0 aliphatic rings. The first-order valence-corrected chi connectivity index (χ1v) is 5.13. The van der Waals surface area contributed by atoms with E-state index >= 15 is 0 Å². The molecule has 1 amide bonds. The van der Waals surface area contributed by atoms with Gasteiger partial charge in [-0.15, -0.1) is 17.9 Å². The standard InChI is InChI=1S/C9H10ClNOS/c1-2-3-4-9(12)11-7-5-8(10)13-6-7/h2,5-6H,1,3-4H2,(H,11,12). The Morgan fingerprint density at radius 2 is 2.54 bits per heavy atom. The van der Waals surface area contributed by atoms with Crippen molar-refractivity contribution in [3.8, 4) is 0 Å². The summed E-state index contributed by atoms with van der Waals surface area (Å²) in [7, 11) is 0. The van der Waals surface area contributed by atoms with E-state index in [0.717, 1.165) is 5.69 Å². The van der Waals surface area contributed by atoms with Crippen molar-refractivity contribution in [3.05, 3.63) is 28.4 Å². The van der Waals surface area contributed by atoms with E-state index in [1.807, 2.05) is 5.38 Å². The number of nitrogens with one attached hydrogen (secondary N) is 1. The lowest BCUT2D eigenvalue weighted by Crippen LogP contribution is -2.09. The van der Waals surface area contributed by atoms with Crippen molar-refractivity contribution in [1.82, 2.24) is 0 Å². The molecule has 1 N–H and O–H groups in total. The third-order valence-electron chi connectivity index (χ3n) is 1.43. The molecule has 0 aliphatic carbocycles. The van der Waals surface area contributed by atoms with Gasteiger partial charge >= 0.3 is 0 Å². The predicted octanol–water partition coefficient (Wildman–Crippen LogP) is 3.31. The van der Waals surface area contributed by atoms with Gasteiger partial charge in [-0.1, -0.05) is 17.7 Å². The number of carbonyl (C=O) groups is 1. The summed E-state index contributed by atoms with van der Waals surface area (Å²) in [6.45, 7) is 3.54. The molecule has 0 atom stereocenters. The fourth-order valence-electron chi connectivity index (χ4n) is 0.832. The molecule has 70 valence electrons. The smallest absolute Gasteiger partial charge is 0.224 e. The van der Waals surface area contributed by atoms with Gasteiger partial charge in [-0.05, 0) is 12.5 Å². The van der Waals surface area contributed by atoms with Gasteiger partial charge in [-0.25, -0.2) is 0 Å². The molecule has 1 heterocycles. The molecule has 1 aromatic heterocycles. The minimum atomic E-state index is -0.00522. The van der Waals surface area contributed by atoms with Crippen molar-refractivity contribution >= 4 is 34.5 Å². The third-order valence-corrected chi connectivity index (χ3v) is 2.52. The molecule has 2 nitrogen and oxygen atoms in total. The summed E-state index contributed by atoms with van der Waals surface area (Å²) in [5.41, 5.74) is 0.768. The van der Waals surface area contributed by atoms with E-state index in [9.17, 15) is 4.79 Å². The highest BCUT2D eigenvalue weighted by atomic mass is 35.5. The van der Waals surface area contributed by atoms with Gasteiger partial charge in [0, 0.05) is 11.8 Å². The molecule has 13 heavy (non-hydrogen) atoms. The van der Waals surface area contributed by atoms with Crippen LogP contribution in [0.25, 0.3) is 0 Å². The van der Waals surface area contributed by atoms with Gasteiger partial charge in [0.15, 0.2) is 0 Å². The highest BCUT2D eigenvalue weighted by molar-refractivity contribution is 7.14. The van der Waals surface area contributed by atoms with Crippen LogP contribution in [0, 0.1) is 0 Å². The average Bonchev–Trinajstić information content (AvgIpc) is 2.48. The molecule has 0 unspecified atom stereocenters. The van der Waals surface area contributed by atoms with E-state index in [-0.39, 0.29) is 5.91 Å². The molecule has 0 fully saturated rings. The molecule has 0 saturated heterocycles. The van der Waals surface area contributed by atoms with Crippen molar-refractivity contribution in [2.75, 3.05) is 5.32 Å². The fourth-order valence-corrected chi connectivity index (χ4v) is 1.64. The molecule has 4 heteroatoms. The van der Waals surface area contributed by atoms with Gasteiger partial charge in [0.2, 0.25) is 5.91 Å². The first kappa shape index (κ1) is 10.3. The first-order valence-electron chi connectivity index (χ1n) is 3.87. The second-order valence-corrected chi connectivity index (χ2v) is 4.06. The van der Waals surface area contributed by atoms with Crippen molar-refractivity contribution in [2.24, 2.45) is 0 Å². The largest absolute Gasteiger partial charge is 0.325 e. The highest BCUT2D eigenvalue weighted by Gasteiger charge is 2.02. The Hall–Kier alpha value is -0.800. The minimum Gasteiger partial charge on any atom is -0.325 e. The van der Waals surface area contributed by atoms with Crippen molar-refractivity contribution in [3.63, 3.8) is 0 Å². The van der Waals surface area contributed by atoms with Crippen LogP contribution in [0.5, 0.6) is 0 Å². The van der Waals surface area contributed by atoms with Crippen LogP contribution in [0.2, 0.25) is 4.34 Å². The van der Waals surface area contributed by atoms with Crippen LogP contribution in [0.1, 0.15) is 12.8 Å². The minimum absolute atomic E-state index is 0.00522. The molecule has 0 radical (unpaired) electrons. The van der Waals surface area contributed by atoms with E-state index < -0.39 is 0 Å². The summed E-state index contributed by atoms with van der Waals surface area (Å²) in [6.07, 6.45) is 2.89. The predicted molar refractivity (Wildman–Crippen MR) is 57.4 cm³/mol. The topological polar surface area (TPSA) is 29.1 Å². The average molecular weight is 216 g/mol. The first-order chi connectivity index (χ1) is 6.22. The molecule has 0 spiro atoms. The van der Waals surface area contributed by atoms with E-state index in [1.165, 1.54) is 11.3 Å².